The largest absolute Gasteiger partial charge is 0.497 e. The maximum atomic E-state index is 5.83. The molecule has 0 heterocycles. The van der Waals surface area contributed by atoms with E-state index in [1.165, 1.54) is 0 Å². The Morgan fingerprint density at radius 1 is 1.11 bits per heavy atom. The van der Waals surface area contributed by atoms with Gasteiger partial charge in [-0.2, -0.15) is 0 Å². The zero-order valence-corrected chi connectivity index (χ0v) is 10.1. The lowest BCUT2D eigenvalue weighted by Gasteiger charge is -2.07. The average Bonchev–Trinajstić information content (AvgIpc) is 2.40. The van der Waals surface area contributed by atoms with E-state index in [1.807, 2.05) is 54.6 Å². The van der Waals surface area contributed by atoms with Gasteiger partial charge in [0.2, 0.25) is 0 Å². The van der Waals surface area contributed by atoms with Crippen molar-refractivity contribution in [1.29, 1.82) is 0 Å². The summed E-state index contributed by atoms with van der Waals surface area (Å²) in [5.41, 5.74) is 7.48. The second-order valence-corrected chi connectivity index (χ2v) is 3.69. The normalized spacial score (nSPS) is 11.1. The van der Waals surface area contributed by atoms with E-state index in [9.17, 15) is 0 Å². The Morgan fingerprint density at radius 3 is 2.61 bits per heavy atom. The minimum absolute atomic E-state index is 0.342. The molecule has 0 amide bonds. The third-order valence-electron chi connectivity index (χ3n) is 2.35. The van der Waals surface area contributed by atoms with Gasteiger partial charge in [0.25, 0.3) is 0 Å². The van der Waals surface area contributed by atoms with Crippen molar-refractivity contribution in [2.24, 2.45) is 10.7 Å². The first-order chi connectivity index (χ1) is 8.78. The van der Waals surface area contributed by atoms with Gasteiger partial charge in [0.15, 0.2) is 5.96 Å². The lowest BCUT2D eigenvalue weighted by atomic mass is 10.3. The maximum Gasteiger partial charge on any atom is 0.198 e. The SMILES string of the molecule is COc1cccc(NC(N)=Nc2ccccc2)c1. The fraction of sp³-hybridized carbons (Fsp3) is 0.0714. The average molecular weight is 241 g/mol. The monoisotopic (exact) mass is 241 g/mol. The van der Waals surface area contributed by atoms with Crippen molar-refractivity contribution in [3.63, 3.8) is 0 Å². The van der Waals surface area contributed by atoms with Crippen LogP contribution in [0.15, 0.2) is 59.6 Å². The van der Waals surface area contributed by atoms with Gasteiger partial charge in [0, 0.05) is 11.8 Å². The van der Waals surface area contributed by atoms with Crippen LogP contribution in [0, 0.1) is 0 Å². The van der Waals surface area contributed by atoms with Crippen molar-refractivity contribution in [3.8, 4) is 5.75 Å². The van der Waals surface area contributed by atoms with Crippen LogP contribution < -0.4 is 15.8 Å². The third kappa shape index (κ3) is 3.25. The molecule has 2 rings (SSSR count). The summed E-state index contributed by atoms with van der Waals surface area (Å²) in [5.74, 6) is 1.11. The van der Waals surface area contributed by atoms with Gasteiger partial charge in [-0.15, -0.1) is 0 Å². The summed E-state index contributed by atoms with van der Waals surface area (Å²) in [5, 5.41) is 3.01. The Kier molecular flexibility index (Phi) is 3.81. The molecule has 4 heteroatoms. The number of anilines is 1. The number of ether oxygens (including phenoxy) is 1. The summed E-state index contributed by atoms with van der Waals surface area (Å²) in [6, 6.07) is 17.1. The molecular formula is C14H15N3O. The molecule has 0 aromatic heterocycles. The van der Waals surface area contributed by atoms with E-state index < -0.39 is 0 Å². The van der Waals surface area contributed by atoms with Gasteiger partial charge in [-0.05, 0) is 24.3 Å². The minimum Gasteiger partial charge on any atom is -0.497 e. The molecular weight excluding hydrogens is 226 g/mol. The highest BCUT2D eigenvalue weighted by molar-refractivity contribution is 5.94. The van der Waals surface area contributed by atoms with E-state index in [1.54, 1.807) is 7.11 Å². The van der Waals surface area contributed by atoms with E-state index in [4.69, 9.17) is 10.5 Å². The first kappa shape index (κ1) is 12.0. The lowest BCUT2D eigenvalue weighted by molar-refractivity contribution is 0.415. The van der Waals surface area contributed by atoms with Crippen molar-refractivity contribution >= 4 is 17.3 Å². The molecule has 0 fully saturated rings. The molecule has 0 aliphatic rings. The van der Waals surface area contributed by atoms with Crippen LogP contribution in [0.25, 0.3) is 0 Å². The molecule has 3 N–H and O–H groups in total. The number of nitrogens with zero attached hydrogens (tertiary/aromatic N) is 1. The standard InChI is InChI=1S/C14H15N3O/c1-18-13-9-5-8-12(10-13)17-14(15)16-11-6-3-2-4-7-11/h2-10H,1H3,(H3,15,16,17). The molecule has 0 atom stereocenters. The Hall–Kier alpha value is -2.49. The summed E-state index contributed by atoms with van der Waals surface area (Å²) in [7, 11) is 1.63. The molecule has 0 radical (unpaired) electrons. The molecule has 0 saturated carbocycles. The van der Waals surface area contributed by atoms with Gasteiger partial charge in [-0.3, -0.25) is 0 Å². The van der Waals surface area contributed by atoms with Crippen LogP contribution in [0.5, 0.6) is 5.75 Å². The van der Waals surface area contributed by atoms with Crippen LogP contribution in [-0.2, 0) is 0 Å². The molecule has 0 bridgehead atoms. The molecule has 0 unspecified atom stereocenters. The summed E-state index contributed by atoms with van der Waals surface area (Å²) in [4.78, 5) is 4.25. The Labute approximate surface area is 106 Å². The number of guanidine groups is 1. The van der Waals surface area contributed by atoms with Gasteiger partial charge >= 0.3 is 0 Å². The lowest BCUT2D eigenvalue weighted by Crippen LogP contribution is -2.21. The van der Waals surface area contributed by atoms with Crippen LogP contribution in [0.2, 0.25) is 0 Å². The van der Waals surface area contributed by atoms with E-state index in [2.05, 4.69) is 10.3 Å². The number of hydrogen-bond acceptors (Lipinski definition) is 2. The van der Waals surface area contributed by atoms with E-state index in [0.717, 1.165) is 17.1 Å². The number of hydrogen-bond donors (Lipinski definition) is 2. The number of benzene rings is 2. The molecule has 18 heavy (non-hydrogen) atoms. The predicted molar refractivity (Wildman–Crippen MR) is 74.3 cm³/mol. The van der Waals surface area contributed by atoms with Crippen LogP contribution in [0.4, 0.5) is 11.4 Å². The van der Waals surface area contributed by atoms with E-state index >= 15 is 0 Å². The number of nitrogens with two attached hydrogens (primary N) is 1. The first-order valence-electron chi connectivity index (χ1n) is 5.58. The van der Waals surface area contributed by atoms with Gasteiger partial charge in [-0.1, -0.05) is 24.3 Å². The summed E-state index contributed by atoms with van der Waals surface area (Å²) >= 11 is 0. The quantitative estimate of drug-likeness (QED) is 0.641. The molecule has 0 aliphatic heterocycles. The number of nitrogens with one attached hydrogen (secondary N) is 1. The van der Waals surface area contributed by atoms with Crippen LogP contribution in [0.1, 0.15) is 0 Å². The topological polar surface area (TPSA) is 59.6 Å². The van der Waals surface area contributed by atoms with Crippen LogP contribution >= 0.6 is 0 Å². The fourth-order valence-electron chi connectivity index (χ4n) is 1.52. The Balaban J connectivity index is 2.11. The van der Waals surface area contributed by atoms with Crippen molar-refractivity contribution in [1.82, 2.24) is 0 Å². The molecule has 0 spiro atoms. The first-order valence-corrected chi connectivity index (χ1v) is 5.58. The Bertz CT molecular complexity index is 538. The second-order valence-electron chi connectivity index (χ2n) is 3.69. The zero-order chi connectivity index (χ0) is 12.8. The number of para-hydroxylation sites is 1. The van der Waals surface area contributed by atoms with Crippen molar-refractivity contribution in [3.05, 3.63) is 54.6 Å². The van der Waals surface area contributed by atoms with E-state index in [0.29, 0.717) is 5.96 Å². The Morgan fingerprint density at radius 2 is 1.89 bits per heavy atom. The van der Waals surface area contributed by atoms with Crippen molar-refractivity contribution in [2.45, 2.75) is 0 Å². The van der Waals surface area contributed by atoms with Crippen molar-refractivity contribution in [2.75, 3.05) is 12.4 Å². The second kappa shape index (κ2) is 5.72. The predicted octanol–water partition coefficient (Wildman–Crippen LogP) is 2.75. The molecule has 0 saturated heterocycles. The number of aliphatic imine (C=N–C) groups is 1. The van der Waals surface area contributed by atoms with E-state index in [-0.39, 0.29) is 0 Å². The molecule has 2 aromatic carbocycles. The van der Waals surface area contributed by atoms with Gasteiger partial charge < -0.3 is 15.8 Å². The molecule has 0 aliphatic carbocycles. The van der Waals surface area contributed by atoms with Gasteiger partial charge in [-0.25, -0.2) is 4.99 Å². The highest BCUT2D eigenvalue weighted by atomic mass is 16.5. The third-order valence-corrected chi connectivity index (χ3v) is 2.35. The fourth-order valence-corrected chi connectivity index (χ4v) is 1.52. The summed E-state index contributed by atoms with van der Waals surface area (Å²) < 4.78 is 5.13. The maximum absolute atomic E-state index is 5.83. The minimum atomic E-state index is 0.342. The van der Waals surface area contributed by atoms with Crippen LogP contribution in [0.3, 0.4) is 0 Å². The summed E-state index contributed by atoms with van der Waals surface area (Å²) in [6.45, 7) is 0. The molecule has 4 nitrogen and oxygen atoms in total. The molecule has 2 aromatic rings. The highest BCUT2D eigenvalue weighted by Crippen LogP contribution is 2.17. The van der Waals surface area contributed by atoms with Gasteiger partial charge in [0.1, 0.15) is 5.75 Å². The number of rotatable bonds is 3. The van der Waals surface area contributed by atoms with Gasteiger partial charge in [0.05, 0.1) is 12.8 Å². The molecule has 92 valence electrons. The summed E-state index contributed by atoms with van der Waals surface area (Å²) in [6.07, 6.45) is 0. The van der Waals surface area contributed by atoms with Crippen molar-refractivity contribution < 1.29 is 4.74 Å². The number of methoxy groups -OCH3 is 1. The smallest absolute Gasteiger partial charge is 0.198 e. The zero-order valence-electron chi connectivity index (χ0n) is 10.1. The van der Waals surface area contributed by atoms with Crippen LogP contribution in [-0.4, -0.2) is 13.1 Å². The highest BCUT2D eigenvalue weighted by Gasteiger charge is 1.97.